The van der Waals surface area contributed by atoms with E-state index >= 15 is 0 Å². The lowest BCUT2D eigenvalue weighted by molar-refractivity contribution is 0.370. The van der Waals surface area contributed by atoms with Gasteiger partial charge in [-0.1, -0.05) is 31.1 Å². The zero-order valence-electron chi connectivity index (χ0n) is 14.6. The summed E-state index contributed by atoms with van der Waals surface area (Å²) in [7, 11) is 3.62. The summed E-state index contributed by atoms with van der Waals surface area (Å²) < 4.78 is 18.5. The van der Waals surface area contributed by atoms with Crippen LogP contribution in [-0.4, -0.2) is 41.6 Å². The number of nitrogens with zero attached hydrogens (tertiary/aromatic N) is 4. The topological polar surface area (TPSA) is 66.5 Å². The van der Waals surface area contributed by atoms with Crippen molar-refractivity contribution in [1.82, 2.24) is 20.4 Å². The first-order chi connectivity index (χ1) is 11.5. The second-order valence-corrected chi connectivity index (χ2v) is 5.91. The number of aliphatic imine (C=N–C) groups is 1. The fraction of sp³-hybridized carbons (Fsp3) is 0.471. The van der Waals surface area contributed by atoms with Crippen LogP contribution < -0.4 is 5.32 Å². The van der Waals surface area contributed by atoms with Crippen LogP contribution in [0.15, 0.2) is 33.8 Å². The van der Waals surface area contributed by atoms with Crippen LogP contribution in [0.2, 0.25) is 0 Å². The Kier molecular flexibility index (Phi) is 6.28. The third kappa shape index (κ3) is 5.04. The number of aromatic nitrogens is 2. The van der Waals surface area contributed by atoms with Gasteiger partial charge in [0.2, 0.25) is 5.89 Å². The molecule has 24 heavy (non-hydrogen) atoms. The Balaban J connectivity index is 1.85. The molecule has 0 saturated carbocycles. The Bertz CT molecular complexity index is 683. The van der Waals surface area contributed by atoms with E-state index in [1.165, 1.54) is 12.1 Å². The summed E-state index contributed by atoms with van der Waals surface area (Å²) in [6.07, 6.45) is 0.618. The molecule has 1 heterocycles. The van der Waals surface area contributed by atoms with Crippen molar-refractivity contribution in [1.29, 1.82) is 0 Å². The third-order valence-electron chi connectivity index (χ3n) is 3.50. The molecule has 2 aromatic rings. The van der Waals surface area contributed by atoms with Crippen molar-refractivity contribution in [3.8, 4) is 0 Å². The number of halogens is 1. The Morgan fingerprint density at radius 3 is 2.83 bits per heavy atom. The molecule has 0 aliphatic heterocycles. The lowest BCUT2D eigenvalue weighted by Crippen LogP contribution is -2.39. The van der Waals surface area contributed by atoms with E-state index in [9.17, 15) is 4.39 Å². The summed E-state index contributed by atoms with van der Waals surface area (Å²) in [5, 5.41) is 7.19. The summed E-state index contributed by atoms with van der Waals surface area (Å²) in [5.74, 6) is 2.07. The molecule has 1 aromatic heterocycles. The molecule has 7 heteroatoms. The van der Waals surface area contributed by atoms with Gasteiger partial charge >= 0.3 is 0 Å². The largest absolute Gasteiger partial charge is 0.356 e. The number of benzene rings is 1. The molecule has 0 radical (unpaired) electrons. The van der Waals surface area contributed by atoms with E-state index in [1.807, 2.05) is 31.9 Å². The second-order valence-electron chi connectivity index (χ2n) is 5.91. The van der Waals surface area contributed by atoms with Crippen LogP contribution in [0.4, 0.5) is 4.39 Å². The van der Waals surface area contributed by atoms with Gasteiger partial charge in [-0.25, -0.2) is 4.39 Å². The standard InChI is InChI=1S/C17H24FN5O/c1-12(2)16-21-15(24-22-16)8-9-20-17(19-3)23(4)11-13-6-5-7-14(18)10-13/h5-7,10,12H,8-9,11H2,1-4H3,(H,19,20). The minimum Gasteiger partial charge on any atom is -0.356 e. The Morgan fingerprint density at radius 2 is 2.21 bits per heavy atom. The van der Waals surface area contributed by atoms with Gasteiger partial charge in [-0.2, -0.15) is 4.98 Å². The van der Waals surface area contributed by atoms with Crippen molar-refractivity contribution >= 4 is 5.96 Å². The van der Waals surface area contributed by atoms with E-state index in [-0.39, 0.29) is 11.7 Å². The number of nitrogens with one attached hydrogen (secondary N) is 1. The fourth-order valence-corrected chi connectivity index (χ4v) is 2.25. The molecule has 0 amide bonds. The second kappa shape index (κ2) is 8.42. The summed E-state index contributed by atoms with van der Waals surface area (Å²) >= 11 is 0. The number of hydrogen-bond acceptors (Lipinski definition) is 4. The molecule has 0 atom stereocenters. The average Bonchev–Trinajstić information content (AvgIpc) is 3.00. The van der Waals surface area contributed by atoms with Crippen molar-refractivity contribution in [2.75, 3.05) is 20.6 Å². The predicted molar refractivity (Wildman–Crippen MR) is 91.3 cm³/mol. The highest BCUT2D eigenvalue weighted by molar-refractivity contribution is 5.79. The quantitative estimate of drug-likeness (QED) is 0.650. The van der Waals surface area contributed by atoms with Crippen molar-refractivity contribution in [3.63, 3.8) is 0 Å². The van der Waals surface area contributed by atoms with Gasteiger partial charge in [0, 0.05) is 39.5 Å². The van der Waals surface area contributed by atoms with Crippen molar-refractivity contribution in [3.05, 3.63) is 47.4 Å². The van der Waals surface area contributed by atoms with E-state index in [4.69, 9.17) is 4.52 Å². The molecule has 1 N–H and O–H groups in total. The minimum atomic E-state index is -0.235. The lowest BCUT2D eigenvalue weighted by Gasteiger charge is -2.22. The maximum Gasteiger partial charge on any atom is 0.228 e. The molecular formula is C17H24FN5O. The SMILES string of the molecule is CN=C(NCCc1nc(C(C)C)no1)N(C)Cc1cccc(F)c1. The predicted octanol–water partition coefficient (Wildman–Crippen LogP) is 2.58. The molecule has 6 nitrogen and oxygen atoms in total. The van der Waals surface area contributed by atoms with Crippen molar-refractivity contribution < 1.29 is 8.91 Å². The van der Waals surface area contributed by atoms with E-state index in [0.717, 1.165) is 17.3 Å². The lowest BCUT2D eigenvalue weighted by atomic mass is 10.2. The van der Waals surface area contributed by atoms with Gasteiger partial charge in [-0.3, -0.25) is 4.99 Å². The number of hydrogen-bond donors (Lipinski definition) is 1. The average molecular weight is 333 g/mol. The van der Waals surface area contributed by atoms with Gasteiger partial charge in [0.1, 0.15) is 5.82 Å². The summed E-state index contributed by atoms with van der Waals surface area (Å²) in [6.45, 7) is 5.24. The van der Waals surface area contributed by atoms with Crippen LogP contribution in [0.25, 0.3) is 0 Å². The van der Waals surface area contributed by atoms with Crippen LogP contribution in [0, 0.1) is 5.82 Å². The van der Waals surface area contributed by atoms with E-state index in [1.54, 1.807) is 13.1 Å². The Labute approximate surface area is 141 Å². The summed E-state index contributed by atoms with van der Waals surface area (Å²) in [6, 6.07) is 6.55. The summed E-state index contributed by atoms with van der Waals surface area (Å²) in [5.41, 5.74) is 0.888. The molecule has 0 unspecified atom stereocenters. The highest BCUT2D eigenvalue weighted by Crippen LogP contribution is 2.10. The zero-order chi connectivity index (χ0) is 17.5. The smallest absolute Gasteiger partial charge is 0.228 e. The van der Waals surface area contributed by atoms with Crippen LogP contribution in [0.3, 0.4) is 0 Å². The molecule has 0 fully saturated rings. The highest BCUT2D eigenvalue weighted by atomic mass is 19.1. The number of rotatable bonds is 6. The first kappa shape index (κ1) is 17.9. The molecule has 2 rings (SSSR count). The van der Waals surface area contributed by atoms with Crippen LogP contribution in [0.5, 0.6) is 0 Å². The molecule has 0 aliphatic rings. The number of guanidine groups is 1. The fourth-order valence-electron chi connectivity index (χ4n) is 2.25. The van der Waals surface area contributed by atoms with Crippen molar-refractivity contribution in [2.45, 2.75) is 32.7 Å². The van der Waals surface area contributed by atoms with E-state index in [2.05, 4.69) is 20.4 Å². The molecule has 0 saturated heterocycles. The minimum absolute atomic E-state index is 0.235. The zero-order valence-corrected chi connectivity index (χ0v) is 14.6. The van der Waals surface area contributed by atoms with Gasteiger partial charge in [0.15, 0.2) is 11.8 Å². The molecule has 130 valence electrons. The molecule has 0 spiro atoms. The van der Waals surface area contributed by atoms with Crippen molar-refractivity contribution in [2.24, 2.45) is 4.99 Å². The monoisotopic (exact) mass is 333 g/mol. The van der Waals surface area contributed by atoms with Gasteiger partial charge in [-0.15, -0.1) is 0 Å². The Hall–Kier alpha value is -2.44. The van der Waals surface area contributed by atoms with Crippen LogP contribution >= 0.6 is 0 Å². The van der Waals surface area contributed by atoms with Crippen LogP contribution in [0.1, 0.15) is 37.0 Å². The Morgan fingerprint density at radius 1 is 1.42 bits per heavy atom. The third-order valence-corrected chi connectivity index (χ3v) is 3.50. The normalized spacial score (nSPS) is 11.8. The maximum absolute atomic E-state index is 13.3. The van der Waals surface area contributed by atoms with Gasteiger partial charge < -0.3 is 14.7 Å². The van der Waals surface area contributed by atoms with Crippen LogP contribution in [-0.2, 0) is 13.0 Å². The van der Waals surface area contributed by atoms with Gasteiger partial charge in [0.25, 0.3) is 0 Å². The molecule has 0 bridgehead atoms. The maximum atomic E-state index is 13.3. The summed E-state index contributed by atoms with van der Waals surface area (Å²) in [4.78, 5) is 10.5. The van der Waals surface area contributed by atoms with Gasteiger partial charge in [0.05, 0.1) is 0 Å². The van der Waals surface area contributed by atoms with E-state index in [0.29, 0.717) is 25.4 Å². The first-order valence-corrected chi connectivity index (χ1v) is 7.98. The molecule has 1 aromatic carbocycles. The molecular weight excluding hydrogens is 309 g/mol. The molecule has 0 aliphatic carbocycles. The highest BCUT2D eigenvalue weighted by Gasteiger charge is 2.11. The van der Waals surface area contributed by atoms with Gasteiger partial charge in [-0.05, 0) is 17.7 Å². The first-order valence-electron chi connectivity index (χ1n) is 7.98. The van der Waals surface area contributed by atoms with E-state index < -0.39 is 0 Å².